The first-order chi connectivity index (χ1) is 9.14. The summed E-state index contributed by atoms with van der Waals surface area (Å²) in [5.74, 6) is 0.974. The molecule has 0 amide bonds. The van der Waals surface area contributed by atoms with Crippen LogP contribution in [0.15, 0.2) is 18.2 Å². The van der Waals surface area contributed by atoms with Crippen molar-refractivity contribution in [3.63, 3.8) is 0 Å². The maximum Gasteiger partial charge on any atom is 0.122 e. The zero-order chi connectivity index (χ0) is 13.9. The predicted molar refractivity (Wildman–Crippen MR) is 74.4 cm³/mol. The quantitative estimate of drug-likeness (QED) is 0.728. The summed E-state index contributed by atoms with van der Waals surface area (Å²) in [5.41, 5.74) is 1.78. The van der Waals surface area contributed by atoms with Crippen LogP contribution in [0.5, 0.6) is 5.75 Å². The third kappa shape index (κ3) is 2.91. The molecule has 0 aliphatic carbocycles. The summed E-state index contributed by atoms with van der Waals surface area (Å²) in [6.45, 7) is 4.62. The fourth-order valence-corrected chi connectivity index (χ4v) is 2.49. The number of hydrogen-bond acceptors (Lipinski definition) is 4. The molecule has 1 aliphatic rings. The fraction of sp³-hybridized carbons (Fsp3) is 0.600. The Hall–Kier alpha value is -1.10. The van der Waals surface area contributed by atoms with E-state index in [1.165, 1.54) is 5.56 Å². The minimum absolute atomic E-state index is 0.0710. The van der Waals surface area contributed by atoms with Crippen LogP contribution in [-0.4, -0.2) is 35.6 Å². The lowest BCUT2D eigenvalue weighted by Crippen LogP contribution is -2.52. The average Bonchev–Trinajstić information content (AvgIpc) is 2.92. The minimum atomic E-state index is -0.616. The molecular formula is C15H23NO3. The molecule has 0 spiro atoms. The van der Waals surface area contributed by atoms with Crippen molar-refractivity contribution in [1.29, 1.82) is 0 Å². The summed E-state index contributed by atoms with van der Waals surface area (Å²) >= 11 is 0. The van der Waals surface area contributed by atoms with Crippen LogP contribution in [0, 0.1) is 0 Å². The van der Waals surface area contributed by atoms with Crippen molar-refractivity contribution >= 4 is 0 Å². The standard InChI is InChI=1S/C15H23NO3/c1-3-15(9-17,10-18)16-11(2)12-4-5-14-13(8-12)6-7-19-14/h4-5,8,11,16-18H,3,6-7,9-10H2,1-2H3. The topological polar surface area (TPSA) is 61.7 Å². The second-order valence-electron chi connectivity index (χ2n) is 5.28. The fourth-order valence-electron chi connectivity index (χ4n) is 2.49. The molecule has 1 aromatic rings. The van der Waals surface area contributed by atoms with Crippen molar-refractivity contribution in [3.05, 3.63) is 29.3 Å². The van der Waals surface area contributed by atoms with Crippen LogP contribution in [0.3, 0.4) is 0 Å². The molecule has 1 unspecified atom stereocenters. The number of aliphatic hydroxyl groups is 2. The Morgan fingerprint density at radius 1 is 1.37 bits per heavy atom. The zero-order valence-corrected chi connectivity index (χ0v) is 11.6. The van der Waals surface area contributed by atoms with Gasteiger partial charge in [0.05, 0.1) is 25.4 Å². The van der Waals surface area contributed by atoms with E-state index in [1.54, 1.807) is 0 Å². The molecule has 0 fully saturated rings. The molecule has 1 atom stereocenters. The first-order valence-corrected chi connectivity index (χ1v) is 6.89. The van der Waals surface area contributed by atoms with E-state index in [4.69, 9.17) is 4.74 Å². The van der Waals surface area contributed by atoms with Gasteiger partial charge in [-0.05, 0) is 30.5 Å². The summed E-state index contributed by atoms with van der Waals surface area (Å²) in [7, 11) is 0. The van der Waals surface area contributed by atoms with Gasteiger partial charge in [-0.3, -0.25) is 0 Å². The highest BCUT2D eigenvalue weighted by Crippen LogP contribution is 2.29. The molecule has 0 bridgehead atoms. The summed E-state index contributed by atoms with van der Waals surface area (Å²) in [5, 5.41) is 22.3. The van der Waals surface area contributed by atoms with Crippen molar-refractivity contribution in [3.8, 4) is 5.75 Å². The van der Waals surface area contributed by atoms with Crippen molar-refractivity contribution in [2.75, 3.05) is 19.8 Å². The van der Waals surface area contributed by atoms with E-state index in [9.17, 15) is 10.2 Å². The Morgan fingerprint density at radius 2 is 2.11 bits per heavy atom. The lowest BCUT2D eigenvalue weighted by atomic mass is 9.95. The molecule has 2 rings (SSSR count). The maximum absolute atomic E-state index is 9.48. The van der Waals surface area contributed by atoms with E-state index in [2.05, 4.69) is 11.4 Å². The summed E-state index contributed by atoms with van der Waals surface area (Å²) in [4.78, 5) is 0. The minimum Gasteiger partial charge on any atom is -0.493 e. The van der Waals surface area contributed by atoms with Crippen LogP contribution in [0.2, 0.25) is 0 Å². The smallest absolute Gasteiger partial charge is 0.122 e. The molecule has 4 nitrogen and oxygen atoms in total. The van der Waals surface area contributed by atoms with Gasteiger partial charge in [-0.1, -0.05) is 19.1 Å². The van der Waals surface area contributed by atoms with Crippen LogP contribution in [0.4, 0.5) is 0 Å². The number of hydrogen-bond donors (Lipinski definition) is 3. The Morgan fingerprint density at radius 3 is 2.74 bits per heavy atom. The van der Waals surface area contributed by atoms with Gasteiger partial charge in [0, 0.05) is 12.5 Å². The highest BCUT2D eigenvalue weighted by atomic mass is 16.5. The zero-order valence-electron chi connectivity index (χ0n) is 11.6. The molecule has 1 aromatic carbocycles. The second-order valence-corrected chi connectivity index (χ2v) is 5.28. The molecule has 1 heterocycles. The molecule has 3 N–H and O–H groups in total. The number of ether oxygens (including phenoxy) is 1. The van der Waals surface area contributed by atoms with Gasteiger partial charge in [0.25, 0.3) is 0 Å². The van der Waals surface area contributed by atoms with Crippen molar-refractivity contribution < 1.29 is 14.9 Å². The highest BCUT2D eigenvalue weighted by Gasteiger charge is 2.28. The van der Waals surface area contributed by atoms with Gasteiger partial charge in [0.15, 0.2) is 0 Å². The molecule has 4 heteroatoms. The van der Waals surface area contributed by atoms with E-state index in [0.29, 0.717) is 6.42 Å². The largest absolute Gasteiger partial charge is 0.493 e. The van der Waals surface area contributed by atoms with Crippen LogP contribution in [-0.2, 0) is 6.42 Å². The van der Waals surface area contributed by atoms with Gasteiger partial charge in [-0.15, -0.1) is 0 Å². The molecule has 0 radical (unpaired) electrons. The van der Waals surface area contributed by atoms with Crippen LogP contribution >= 0.6 is 0 Å². The lowest BCUT2D eigenvalue weighted by Gasteiger charge is -2.33. The molecule has 0 aromatic heterocycles. The Balaban J connectivity index is 2.13. The number of rotatable bonds is 6. The SMILES string of the molecule is CCC(CO)(CO)NC(C)c1ccc2c(c1)CCO2. The predicted octanol–water partition coefficient (Wildman–Crippen LogP) is 1.41. The summed E-state index contributed by atoms with van der Waals surface area (Å²) < 4.78 is 5.50. The molecule has 19 heavy (non-hydrogen) atoms. The molecule has 0 saturated carbocycles. The number of aliphatic hydroxyl groups excluding tert-OH is 2. The van der Waals surface area contributed by atoms with Gasteiger partial charge in [-0.2, -0.15) is 0 Å². The van der Waals surface area contributed by atoms with Crippen LogP contribution < -0.4 is 10.1 Å². The summed E-state index contributed by atoms with van der Waals surface area (Å²) in [6.07, 6.45) is 1.63. The Bertz CT molecular complexity index is 421. The molecule has 0 saturated heterocycles. The van der Waals surface area contributed by atoms with Gasteiger partial charge in [-0.25, -0.2) is 0 Å². The molecule has 106 valence electrons. The molecular weight excluding hydrogens is 242 g/mol. The van der Waals surface area contributed by atoms with E-state index in [1.807, 2.05) is 26.0 Å². The van der Waals surface area contributed by atoms with E-state index < -0.39 is 5.54 Å². The van der Waals surface area contributed by atoms with E-state index >= 15 is 0 Å². The third-order valence-corrected chi connectivity index (χ3v) is 4.02. The Kier molecular flexibility index (Phi) is 4.45. The monoisotopic (exact) mass is 265 g/mol. The maximum atomic E-state index is 9.48. The van der Waals surface area contributed by atoms with Crippen molar-refractivity contribution in [2.24, 2.45) is 0 Å². The average molecular weight is 265 g/mol. The van der Waals surface area contributed by atoms with Gasteiger partial charge in [0.1, 0.15) is 5.75 Å². The van der Waals surface area contributed by atoms with Crippen LogP contribution in [0.1, 0.15) is 37.4 Å². The number of nitrogens with one attached hydrogen (secondary N) is 1. The number of benzene rings is 1. The van der Waals surface area contributed by atoms with Gasteiger partial charge >= 0.3 is 0 Å². The van der Waals surface area contributed by atoms with Gasteiger partial charge < -0.3 is 20.3 Å². The van der Waals surface area contributed by atoms with E-state index in [0.717, 1.165) is 24.3 Å². The molecule has 1 aliphatic heterocycles. The number of fused-ring (bicyclic) bond motifs is 1. The summed E-state index contributed by atoms with van der Waals surface area (Å²) in [6, 6.07) is 6.26. The Labute approximate surface area is 114 Å². The van der Waals surface area contributed by atoms with Crippen LogP contribution in [0.25, 0.3) is 0 Å². The first kappa shape index (κ1) is 14.3. The van der Waals surface area contributed by atoms with Gasteiger partial charge in [0.2, 0.25) is 0 Å². The lowest BCUT2D eigenvalue weighted by molar-refractivity contribution is 0.0793. The van der Waals surface area contributed by atoms with Crippen molar-refractivity contribution in [1.82, 2.24) is 5.32 Å². The normalized spacial score (nSPS) is 16.0. The first-order valence-electron chi connectivity index (χ1n) is 6.89. The highest BCUT2D eigenvalue weighted by molar-refractivity contribution is 5.40. The van der Waals surface area contributed by atoms with E-state index in [-0.39, 0.29) is 19.3 Å². The second kappa shape index (κ2) is 5.90. The van der Waals surface area contributed by atoms with Crippen molar-refractivity contribution in [2.45, 2.75) is 38.3 Å². The third-order valence-electron chi connectivity index (χ3n) is 4.02.